The quantitative estimate of drug-likeness (QED) is 0.625. The van der Waals surface area contributed by atoms with E-state index in [1.54, 1.807) is 0 Å². The van der Waals surface area contributed by atoms with Gasteiger partial charge in [0.15, 0.2) is 0 Å². The number of aryl methyl sites for hydroxylation is 1. The normalized spacial score (nSPS) is 19.4. The largest absolute Gasteiger partial charge is 0.378 e. The number of ether oxygens (including phenoxy) is 1. The summed E-state index contributed by atoms with van der Waals surface area (Å²) in [4.78, 5) is 26.8. The van der Waals surface area contributed by atoms with Gasteiger partial charge in [0.05, 0.1) is 19.8 Å². The lowest BCUT2D eigenvalue weighted by molar-refractivity contribution is -0.118. The van der Waals surface area contributed by atoms with Gasteiger partial charge >= 0.3 is 0 Å². The Labute approximate surface area is 185 Å². The van der Waals surface area contributed by atoms with E-state index in [1.165, 1.54) is 6.42 Å². The number of halogens is 2. The molecule has 2 saturated heterocycles. The van der Waals surface area contributed by atoms with Crippen molar-refractivity contribution in [3.8, 4) is 0 Å². The van der Waals surface area contributed by atoms with Crippen LogP contribution in [0.3, 0.4) is 0 Å². The first-order chi connectivity index (χ1) is 13.1. The van der Waals surface area contributed by atoms with E-state index in [2.05, 4.69) is 20.9 Å². The van der Waals surface area contributed by atoms with Crippen molar-refractivity contribution >= 4 is 48.0 Å². The van der Waals surface area contributed by atoms with Crippen molar-refractivity contribution in [1.82, 2.24) is 10.2 Å². The van der Waals surface area contributed by atoms with Crippen molar-refractivity contribution in [1.29, 1.82) is 0 Å². The molecule has 2 amide bonds. The Kier molecular flexibility index (Phi) is 11.5. The smallest absolute Gasteiger partial charge is 0.238 e. The molecule has 3 N–H and O–H groups in total. The van der Waals surface area contributed by atoms with Crippen molar-refractivity contribution in [2.75, 3.05) is 50.0 Å². The Balaban J connectivity index is 0.00000210. The Morgan fingerprint density at radius 3 is 2.59 bits per heavy atom. The standard InChI is InChI=1S/C20H30N4O3.2ClH/c1-15-5-6-16(22-19(25)12-17-14-27-10-7-21-17)11-18(15)23-20(26)13-24-8-3-2-4-9-24;;/h5-6,11,17,21H,2-4,7-10,12-14H2,1H3,(H,22,25)(H,23,26);2*1H. The lowest BCUT2D eigenvalue weighted by atomic mass is 10.1. The molecule has 0 aliphatic carbocycles. The van der Waals surface area contributed by atoms with Gasteiger partial charge in [0.1, 0.15) is 0 Å². The summed E-state index contributed by atoms with van der Waals surface area (Å²) in [7, 11) is 0. The van der Waals surface area contributed by atoms with Crippen molar-refractivity contribution in [2.24, 2.45) is 0 Å². The molecule has 1 atom stereocenters. The highest BCUT2D eigenvalue weighted by molar-refractivity contribution is 5.95. The second-order valence-electron chi connectivity index (χ2n) is 7.39. The molecule has 2 aliphatic rings. The zero-order chi connectivity index (χ0) is 19.1. The molecule has 1 unspecified atom stereocenters. The summed E-state index contributed by atoms with van der Waals surface area (Å²) in [5, 5.41) is 9.18. The first kappa shape index (κ1) is 25.7. The maximum absolute atomic E-state index is 12.4. The van der Waals surface area contributed by atoms with E-state index in [1.807, 2.05) is 25.1 Å². The molecule has 2 aliphatic heterocycles. The SMILES string of the molecule is Cc1ccc(NC(=O)CC2COCCN2)cc1NC(=O)CN1CCCCC1.Cl.Cl. The van der Waals surface area contributed by atoms with Gasteiger partial charge in [0.2, 0.25) is 11.8 Å². The van der Waals surface area contributed by atoms with Crippen LogP contribution in [0.5, 0.6) is 0 Å². The predicted octanol–water partition coefficient (Wildman–Crippen LogP) is 2.58. The fraction of sp³-hybridized carbons (Fsp3) is 0.600. The molecule has 7 nitrogen and oxygen atoms in total. The molecule has 0 radical (unpaired) electrons. The number of nitrogens with zero attached hydrogens (tertiary/aromatic N) is 1. The Bertz CT molecular complexity index is 663. The summed E-state index contributed by atoms with van der Waals surface area (Å²) in [6.07, 6.45) is 3.94. The van der Waals surface area contributed by atoms with Crippen molar-refractivity contribution < 1.29 is 14.3 Å². The van der Waals surface area contributed by atoms with Crippen LogP contribution in [0.4, 0.5) is 11.4 Å². The first-order valence-electron chi connectivity index (χ1n) is 9.84. The molecule has 0 bridgehead atoms. The number of likely N-dealkylation sites (tertiary alicyclic amines) is 1. The number of piperidine rings is 1. The van der Waals surface area contributed by atoms with E-state index in [0.717, 1.165) is 43.7 Å². The summed E-state index contributed by atoms with van der Waals surface area (Å²) in [6.45, 7) is 6.36. The van der Waals surface area contributed by atoms with E-state index in [9.17, 15) is 9.59 Å². The molecule has 2 heterocycles. The van der Waals surface area contributed by atoms with Crippen molar-refractivity contribution in [3.63, 3.8) is 0 Å². The minimum atomic E-state index is -0.0625. The molecular formula is C20H32Cl2N4O3. The van der Waals surface area contributed by atoms with E-state index in [4.69, 9.17) is 4.74 Å². The molecule has 0 spiro atoms. The number of benzene rings is 1. The maximum Gasteiger partial charge on any atom is 0.238 e. The van der Waals surface area contributed by atoms with E-state index in [-0.39, 0.29) is 42.7 Å². The van der Waals surface area contributed by atoms with Gasteiger partial charge in [-0.3, -0.25) is 14.5 Å². The number of hydrogen-bond acceptors (Lipinski definition) is 5. The van der Waals surface area contributed by atoms with E-state index in [0.29, 0.717) is 31.9 Å². The van der Waals surface area contributed by atoms with Crippen LogP contribution in [0.1, 0.15) is 31.2 Å². The van der Waals surface area contributed by atoms with Gasteiger partial charge in [-0.05, 0) is 50.6 Å². The van der Waals surface area contributed by atoms with Crippen LogP contribution >= 0.6 is 24.8 Å². The van der Waals surface area contributed by atoms with Crippen LogP contribution < -0.4 is 16.0 Å². The lowest BCUT2D eigenvalue weighted by Gasteiger charge is -2.25. The second kappa shape index (κ2) is 13.0. The number of nitrogens with one attached hydrogen (secondary N) is 3. The van der Waals surface area contributed by atoms with Gasteiger partial charge in [-0.1, -0.05) is 12.5 Å². The monoisotopic (exact) mass is 446 g/mol. The van der Waals surface area contributed by atoms with Gasteiger partial charge < -0.3 is 20.7 Å². The van der Waals surface area contributed by atoms with Gasteiger partial charge in [0, 0.05) is 30.4 Å². The molecule has 0 saturated carbocycles. The van der Waals surface area contributed by atoms with Crippen molar-refractivity contribution in [2.45, 2.75) is 38.6 Å². The average molecular weight is 447 g/mol. The Morgan fingerprint density at radius 1 is 1.14 bits per heavy atom. The highest BCUT2D eigenvalue weighted by atomic mass is 35.5. The lowest BCUT2D eigenvalue weighted by Crippen LogP contribution is -2.43. The van der Waals surface area contributed by atoms with Crippen LogP contribution in [0, 0.1) is 6.92 Å². The zero-order valence-electron chi connectivity index (χ0n) is 16.9. The first-order valence-corrected chi connectivity index (χ1v) is 9.84. The summed E-state index contributed by atoms with van der Waals surface area (Å²) in [6, 6.07) is 5.64. The van der Waals surface area contributed by atoms with Gasteiger partial charge in [-0.2, -0.15) is 0 Å². The van der Waals surface area contributed by atoms with Gasteiger partial charge in [-0.15, -0.1) is 24.8 Å². The molecule has 29 heavy (non-hydrogen) atoms. The molecule has 9 heteroatoms. The number of rotatable bonds is 6. The van der Waals surface area contributed by atoms with Crippen LogP contribution in [0.25, 0.3) is 0 Å². The highest BCUT2D eigenvalue weighted by Gasteiger charge is 2.18. The maximum atomic E-state index is 12.4. The molecule has 0 aromatic heterocycles. The molecule has 164 valence electrons. The number of amides is 2. The summed E-state index contributed by atoms with van der Waals surface area (Å²) in [5.74, 6) is -0.0699. The third-order valence-corrected chi connectivity index (χ3v) is 5.04. The van der Waals surface area contributed by atoms with Crippen LogP contribution in [-0.4, -0.2) is 62.1 Å². The number of carbonyl (C=O) groups excluding carboxylic acids is 2. The molecule has 1 aromatic carbocycles. The fourth-order valence-electron chi connectivity index (χ4n) is 3.53. The second-order valence-corrected chi connectivity index (χ2v) is 7.39. The van der Waals surface area contributed by atoms with Crippen LogP contribution in [0.2, 0.25) is 0 Å². The third-order valence-electron chi connectivity index (χ3n) is 5.04. The number of hydrogen-bond donors (Lipinski definition) is 3. The Morgan fingerprint density at radius 2 is 1.90 bits per heavy atom. The summed E-state index contributed by atoms with van der Waals surface area (Å²) in [5.41, 5.74) is 2.41. The topological polar surface area (TPSA) is 82.7 Å². The summed E-state index contributed by atoms with van der Waals surface area (Å²) >= 11 is 0. The molecular weight excluding hydrogens is 415 g/mol. The van der Waals surface area contributed by atoms with E-state index >= 15 is 0 Å². The molecule has 1 aromatic rings. The minimum absolute atomic E-state index is 0. The number of anilines is 2. The number of morpholine rings is 1. The van der Waals surface area contributed by atoms with Gasteiger partial charge in [0.25, 0.3) is 0 Å². The fourth-order valence-corrected chi connectivity index (χ4v) is 3.53. The van der Waals surface area contributed by atoms with Crippen LogP contribution in [0.15, 0.2) is 18.2 Å². The van der Waals surface area contributed by atoms with Crippen molar-refractivity contribution in [3.05, 3.63) is 23.8 Å². The number of carbonyl (C=O) groups is 2. The van der Waals surface area contributed by atoms with Crippen LogP contribution in [-0.2, 0) is 14.3 Å². The zero-order valence-corrected chi connectivity index (χ0v) is 18.5. The summed E-state index contributed by atoms with van der Waals surface area (Å²) < 4.78 is 5.38. The molecule has 2 fully saturated rings. The third kappa shape index (κ3) is 8.48. The van der Waals surface area contributed by atoms with E-state index < -0.39 is 0 Å². The Hall–Kier alpha value is -1.38. The minimum Gasteiger partial charge on any atom is -0.378 e. The molecule has 3 rings (SSSR count). The average Bonchev–Trinajstić information content (AvgIpc) is 2.66. The highest BCUT2D eigenvalue weighted by Crippen LogP contribution is 2.21. The van der Waals surface area contributed by atoms with Gasteiger partial charge in [-0.25, -0.2) is 0 Å². The predicted molar refractivity (Wildman–Crippen MR) is 120 cm³/mol.